The molecule has 4 saturated carbocycles. The van der Waals surface area contributed by atoms with Crippen molar-refractivity contribution in [2.24, 2.45) is 52.3 Å². The summed E-state index contributed by atoms with van der Waals surface area (Å²) in [5, 5.41) is 164. The minimum Gasteiger partial charge on any atom is -0.394 e. The molecule has 36 atom stereocenters. The molecular weight excluding hydrogens is 1110 g/mol. The maximum absolute atomic E-state index is 14.8. The molecule has 7 heterocycles. The summed E-state index contributed by atoms with van der Waals surface area (Å²) in [5.41, 5.74) is -0.853. The van der Waals surface area contributed by atoms with Gasteiger partial charge in [0.1, 0.15) is 122 Å². The first-order valence-corrected chi connectivity index (χ1v) is 29.7. The summed E-state index contributed by atoms with van der Waals surface area (Å²) in [6, 6.07) is 0. The first-order valence-electron chi connectivity index (χ1n) is 29.7. The number of ether oxygens (including phenoxy) is 12. The monoisotopic (exact) mass is 1200 g/mol. The predicted octanol–water partition coefficient (Wildman–Crippen LogP) is -5.66. The van der Waals surface area contributed by atoms with Gasteiger partial charge < -0.3 is 133 Å². The second kappa shape index (κ2) is 24.4. The molecule has 28 heteroatoms. The van der Waals surface area contributed by atoms with Crippen LogP contribution in [-0.4, -0.2) is 287 Å². The molecule has 28 nitrogen and oxygen atoms in total. The molecule has 7 saturated heterocycles. The highest BCUT2D eigenvalue weighted by Gasteiger charge is 2.73. The van der Waals surface area contributed by atoms with Gasteiger partial charge in [-0.15, -0.1) is 0 Å². The normalized spacial score (nSPS) is 57.4. The quantitative estimate of drug-likeness (QED) is 0.0765. The lowest BCUT2D eigenvalue weighted by molar-refractivity contribution is -0.408. The van der Waals surface area contributed by atoms with Gasteiger partial charge in [-0.25, -0.2) is 0 Å². The Morgan fingerprint density at radius 1 is 0.530 bits per heavy atom. The first kappa shape index (κ1) is 63.2. The van der Waals surface area contributed by atoms with Gasteiger partial charge >= 0.3 is 0 Å². The van der Waals surface area contributed by atoms with E-state index in [1.165, 1.54) is 0 Å². The minimum atomic E-state index is -2.13. The van der Waals surface area contributed by atoms with E-state index in [1.54, 1.807) is 0 Å². The summed E-state index contributed by atoms with van der Waals surface area (Å²) < 4.78 is 72.6. The van der Waals surface area contributed by atoms with Crippen molar-refractivity contribution in [3.05, 3.63) is 0 Å². The molecule has 0 aromatic heterocycles. The fraction of sp³-hybridized carbons (Fsp3) is 0.982. The average molecular weight is 1200 g/mol. The van der Waals surface area contributed by atoms with Gasteiger partial charge in [0.05, 0.1) is 51.8 Å². The molecule has 0 aromatic rings. The number of rotatable bonds is 13. The molecule has 11 aliphatic rings. The van der Waals surface area contributed by atoms with Crippen molar-refractivity contribution in [3.8, 4) is 0 Å². The summed E-state index contributed by atoms with van der Waals surface area (Å²) in [6.07, 6.45) is -38.1. The highest BCUT2D eigenvalue weighted by atomic mass is 16.8. The van der Waals surface area contributed by atoms with Crippen molar-refractivity contribution in [3.63, 3.8) is 0 Å². The number of carbonyl (C=O) groups is 1. The molecule has 0 radical (unpaired) electrons. The molecular formula is C55H88O28. The van der Waals surface area contributed by atoms with Crippen LogP contribution < -0.4 is 0 Å². The van der Waals surface area contributed by atoms with Gasteiger partial charge in [-0.05, 0) is 80.0 Å². The van der Waals surface area contributed by atoms with Crippen LogP contribution in [0.3, 0.4) is 0 Å². The molecule has 4 aliphatic carbocycles. The van der Waals surface area contributed by atoms with Crippen molar-refractivity contribution < 1.29 is 138 Å². The van der Waals surface area contributed by atoms with E-state index in [0.717, 1.165) is 19.3 Å². The number of ketones is 1. The molecule has 11 fully saturated rings. The van der Waals surface area contributed by atoms with E-state index in [0.29, 0.717) is 38.7 Å². The van der Waals surface area contributed by atoms with Gasteiger partial charge in [0.15, 0.2) is 37.2 Å². The Bertz CT molecular complexity index is 2220. The number of Topliss-reactive ketones (excluding diaryl/α,β-unsaturated/α-hetero) is 1. The van der Waals surface area contributed by atoms with Gasteiger partial charge in [-0.1, -0.05) is 27.7 Å². The Kier molecular flexibility index (Phi) is 18.6. The topological polar surface area (TPSA) is 431 Å². The van der Waals surface area contributed by atoms with E-state index >= 15 is 0 Å². The van der Waals surface area contributed by atoms with Crippen molar-refractivity contribution in [2.75, 3.05) is 39.6 Å². The maximum Gasteiger partial charge on any atom is 0.197 e. The summed E-state index contributed by atoms with van der Waals surface area (Å²) in [4.78, 5) is 14.8. The van der Waals surface area contributed by atoms with Gasteiger partial charge in [0.2, 0.25) is 0 Å². The Morgan fingerprint density at radius 2 is 1.08 bits per heavy atom. The highest BCUT2D eigenvalue weighted by molar-refractivity contribution is 5.87. The Hall–Kier alpha value is -1.41. The number of fused-ring (bicyclic) bond motifs is 7. The minimum absolute atomic E-state index is 0.0842. The third-order valence-electron chi connectivity index (χ3n) is 21.6. The largest absolute Gasteiger partial charge is 0.394 e. The SMILES string of the molecule is C[C@H]1COC2(OC3CC4C5CCC6C[C@@H](O[C@@H]7OC(CO)[C@H](O[C@@H]8OC(CO)[C@@H](O)C(O[C@@H]9OC[C@@H](O)C(O)[C@@H]9O)[C@@H]8O[C@@H]8OC(CO)[C@@H](O)C(O[C@@H]9OC[C@@H](O)C(O)[C@@H]9O)[C@@H]8O)C(O)[C@@H]7O)CC[C@]6(C)C5CC(=O)[C@]4(C)C3[C@@H]2C)[C@@H](O)C1. The van der Waals surface area contributed by atoms with Crippen LogP contribution in [0.15, 0.2) is 0 Å². The van der Waals surface area contributed by atoms with Crippen LogP contribution in [0.25, 0.3) is 0 Å². The van der Waals surface area contributed by atoms with Crippen LogP contribution in [0.5, 0.6) is 0 Å². The van der Waals surface area contributed by atoms with Gasteiger partial charge in [0.25, 0.3) is 0 Å². The number of aliphatic hydroxyl groups excluding tert-OH is 15. The average Bonchev–Trinajstić information content (AvgIpc) is 1.69. The third kappa shape index (κ3) is 10.8. The molecule has 0 bridgehead atoms. The summed E-state index contributed by atoms with van der Waals surface area (Å²) in [7, 11) is 0. The molecule has 1 spiro atoms. The van der Waals surface area contributed by atoms with E-state index in [-0.39, 0.29) is 58.7 Å². The van der Waals surface area contributed by atoms with Crippen molar-refractivity contribution in [1.82, 2.24) is 0 Å². The number of hydrogen-bond donors (Lipinski definition) is 15. The number of aliphatic hydroxyl groups is 15. The maximum atomic E-state index is 14.8. The molecule has 7 aliphatic heterocycles. The molecule has 83 heavy (non-hydrogen) atoms. The van der Waals surface area contributed by atoms with Gasteiger partial charge in [0, 0.05) is 23.7 Å². The fourth-order valence-electron chi connectivity index (χ4n) is 16.9. The van der Waals surface area contributed by atoms with Crippen LogP contribution in [0.4, 0.5) is 0 Å². The van der Waals surface area contributed by atoms with Crippen LogP contribution in [-0.2, 0) is 61.6 Å². The summed E-state index contributed by atoms with van der Waals surface area (Å²) in [5.74, 6) is -0.339. The predicted molar refractivity (Wildman–Crippen MR) is 271 cm³/mol. The van der Waals surface area contributed by atoms with Crippen LogP contribution in [0, 0.1) is 52.3 Å². The highest BCUT2D eigenvalue weighted by Crippen LogP contribution is 2.70. The molecule has 0 amide bonds. The smallest absolute Gasteiger partial charge is 0.197 e. The van der Waals surface area contributed by atoms with Crippen LogP contribution in [0.2, 0.25) is 0 Å². The van der Waals surface area contributed by atoms with E-state index in [4.69, 9.17) is 56.8 Å². The molecule has 15 unspecified atom stereocenters. The Labute approximate surface area is 479 Å². The zero-order valence-electron chi connectivity index (χ0n) is 47.0. The van der Waals surface area contributed by atoms with E-state index in [1.807, 2.05) is 6.92 Å². The molecule has 0 aromatic carbocycles. The van der Waals surface area contributed by atoms with Gasteiger partial charge in [-0.2, -0.15) is 0 Å². The lowest BCUT2D eigenvalue weighted by atomic mass is 9.44. The molecule has 11 rings (SSSR count). The lowest BCUT2D eigenvalue weighted by Gasteiger charge is -2.61. The Morgan fingerprint density at radius 3 is 1.71 bits per heavy atom. The van der Waals surface area contributed by atoms with Crippen molar-refractivity contribution in [2.45, 2.75) is 244 Å². The van der Waals surface area contributed by atoms with Gasteiger partial charge in [-0.3, -0.25) is 4.79 Å². The summed E-state index contributed by atoms with van der Waals surface area (Å²) >= 11 is 0. The fourth-order valence-corrected chi connectivity index (χ4v) is 16.9. The molecule has 476 valence electrons. The summed E-state index contributed by atoms with van der Waals surface area (Å²) in [6.45, 7) is 5.13. The standard InChI is InChI=1S/C55H88O28/c1-19-9-33(62)55(74-16-19)20(2)34-28(83-55)11-25-23-6-5-21-10-22(7-8-53(21,3)24(23)12-32(61)54(25,34)4)75-50-42(70)39(67)44(31(15-58)78-50)79-52-47(46(38(66)30(14-57)77-52)81-49-41(69)36(64)27(60)18-73-49)82-51-43(71)45(37(65)29(13-56)76-51)80-48-40(68)35(63)26(59)17-72-48/h19-31,33-52,56-60,62-71H,5-18H2,1-4H3/t19-,20+,21?,22+,23?,24?,25?,26-,27-,28?,29?,30?,31?,33+,34?,35?,36?,37-,38-,39?,40+,41+,42+,43+,44+,45?,46?,47+,48+,49+,50-,51+,52+,53+,54-,55?/m1/s1. The van der Waals surface area contributed by atoms with E-state index < -0.39 is 198 Å². The number of hydrogen-bond acceptors (Lipinski definition) is 28. The van der Waals surface area contributed by atoms with Crippen LogP contribution >= 0.6 is 0 Å². The van der Waals surface area contributed by atoms with E-state index in [2.05, 4.69) is 20.8 Å². The zero-order valence-corrected chi connectivity index (χ0v) is 47.0. The van der Waals surface area contributed by atoms with E-state index in [9.17, 15) is 81.4 Å². The number of carbonyl (C=O) groups excluding carboxylic acids is 1. The Balaban J connectivity index is 0.785. The second-order valence-electron chi connectivity index (χ2n) is 26.2. The van der Waals surface area contributed by atoms with Crippen molar-refractivity contribution in [1.29, 1.82) is 0 Å². The zero-order chi connectivity index (χ0) is 59.5. The molecule has 15 N–H and O–H groups in total. The third-order valence-corrected chi connectivity index (χ3v) is 21.6. The lowest BCUT2D eigenvalue weighted by Crippen LogP contribution is -2.69. The van der Waals surface area contributed by atoms with Crippen LogP contribution in [0.1, 0.15) is 79.1 Å². The second-order valence-corrected chi connectivity index (χ2v) is 26.2. The van der Waals surface area contributed by atoms with Crippen molar-refractivity contribution >= 4 is 5.78 Å². The first-order chi connectivity index (χ1) is 39.4.